The summed E-state index contributed by atoms with van der Waals surface area (Å²) in [5.74, 6) is 0.918. The van der Waals surface area contributed by atoms with Crippen LogP contribution in [-0.4, -0.2) is 11.9 Å². The Kier molecular flexibility index (Phi) is 4.56. The normalized spacial score (nSPS) is 25.0. The molecule has 1 heterocycles. The molecule has 0 amide bonds. The second-order valence-electron chi connectivity index (χ2n) is 5.53. The van der Waals surface area contributed by atoms with Crippen molar-refractivity contribution >= 4 is 5.84 Å². The molecule has 0 fully saturated rings. The first-order valence-electron chi connectivity index (χ1n) is 7.76. The van der Waals surface area contributed by atoms with Crippen molar-refractivity contribution in [2.75, 3.05) is 0 Å². The highest BCUT2D eigenvalue weighted by Crippen LogP contribution is 2.21. The number of nitrogens with zero attached hydrogens (tertiary/aromatic N) is 1. The summed E-state index contributed by atoms with van der Waals surface area (Å²) in [6, 6.07) is 0.0773. The van der Waals surface area contributed by atoms with Crippen LogP contribution in [0.15, 0.2) is 88.0 Å². The molecule has 1 unspecified atom stereocenters. The smallest absolute Gasteiger partial charge is 0.133 e. The number of aliphatic imine (C=N–C) groups is 1. The van der Waals surface area contributed by atoms with E-state index in [4.69, 9.17) is 4.99 Å². The first-order chi connectivity index (χ1) is 10.8. The Hall–Kier alpha value is -2.53. The van der Waals surface area contributed by atoms with Gasteiger partial charge in [-0.25, -0.2) is 0 Å². The third kappa shape index (κ3) is 3.56. The SMILES string of the molecule is CC1=CC(C2=C=C/C=C\CCC2)N=C(C2=CC=C=CC=C2)N1. The van der Waals surface area contributed by atoms with Gasteiger partial charge in [0.25, 0.3) is 0 Å². The third-order valence-corrected chi connectivity index (χ3v) is 3.77. The van der Waals surface area contributed by atoms with Crippen molar-refractivity contribution in [2.45, 2.75) is 32.2 Å². The minimum Gasteiger partial charge on any atom is -0.344 e. The molecule has 3 rings (SSSR count). The standard InChI is InChI=1S/C20H20N2/c1-16-15-19(17-11-7-3-2-4-8-12-17)22-20(21-16)18-13-9-5-6-10-14-18/h2-3,5,7,9-10,13-15,19H,4,8,12H2,1H3,(H,21,22)/b3-2-. The van der Waals surface area contributed by atoms with Crippen molar-refractivity contribution < 1.29 is 0 Å². The van der Waals surface area contributed by atoms with Crippen molar-refractivity contribution in [1.82, 2.24) is 5.32 Å². The van der Waals surface area contributed by atoms with Crippen LogP contribution in [0, 0.1) is 0 Å². The molecule has 0 saturated heterocycles. The summed E-state index contributed by atoms with van der Waals surface area (Å²) in [5, 5.41) is 3.38. The van der Waals surface area contributed by atoms with Crippen molar-refractivity contribution in [2.24, 2.45) is 4.99 Å². The summed E-state index contributed by atoms with van der Waals surface area (Å²) in [7, 11) is 0. The van der Waals surface area contributed by atoms with Crippen molar-refractivity contribution in [3.63, 3.8) is 0 Å². The summed E-state index contributed by atoms with van der Waals surface area (Å²) in [4.78, 5) is 4.90. The average Bonchev–Trinajstić information content (AvgIpc) is 2.75. The van der Waals surface area contributed by atoms with E-state index in [1.54, 1.807) is 0 Å². The van der Waals surface area contributed by atoms with E-state index in [2.05, 4.69) is 48.0 Å². The van der Waals surface area contributed by atoms with Crippen LogP contribution in [0.3, 0.4) is 0 Å². The van der Waals surface area contributed by atoms with Crippen LogP contribution in [0.4, 0.5) is 0 Å². The zero-order chi connectivity index (χ0) is 15.2. The first kappa shape index (κ1) is 14.4. The van der Waals surface area contributed by atoms with Gasteiger partial charge in [-0.15, -0.1) is 11.5 Å². The van der Waals surface area contributed by atoms with Crippen LogP contribution in [0.5, 0.6) is 0 Å². The van der Waals surface area contributed by atoms with Gasteiger partial charge in [-0.2, -0.15) is 0 Å². The molecular weight excluding hydrogens is 268 g/mol. The molecule has 0 spiro atoms. The molecule has 0 aromatic heterocycles. The minimum atomic E-state index is 0.0773. The van der Waals surface area contributed by atoms with E-state index in [1.807, 2.05) is 30.4 Å². The molecule has 0 aromatic rings. The van der Waals surface area contributed by atoms with Crippen molar-refractivity contribution in [1.29, 1.82) is 0 Å². The predicted octanol–water partition coefficient (Wildman–Crippen LogP) is 4.29. The fourth-order valence-electron chi connectivity index (χ4n) is 2.65. The Morgan fingerprint density at radius 3 is 3.14 bits per heavy atom. The van der Waals surface area contributed by atoms with E-state index in [0.717, 1.165) is 36.4 Å². The summed E-state index contributed by atoms with van der Waals surface area (Å²) in [5.41, 5.74) is 9.96. The lowest BCUT2D eigenvalue weighted by atomic mass is 9.98. The summed E-state index contributed by atoms with van der Waals surface area (Å²) < 4.78 is 0. The Labute approximate surface area is 132 Å². The van der Waals surface area contributed by atoms with E-state index < -0.39 is 0 Å². The van der Waals surface area contributed by atoms with Gasteiger partial charge in [-0.1, -0.05) is 24.3 Å². The first-order valence-corrected chi connectivity index (χ1v) is 7.76. The highest BCUT2D eigenvalue weighted by molar-refractivity contribution is 6.02. The van der Waals surface area contributed by atoms with Gasteiger partial charge in [0.1, 0.15) is 11.9 Å². The number of allylic oxidation sites excluding steroid dienone is 6. The molecule has 2 aliphatic carbocycles. The van der Waals surface area contributed by atoms with Gasteiger partial charge in [0.05, 0.1) is 0 Å². The Morgan fingerprint density at radius 1 is 1.23 bits per heavy atom. The second kappa shape index (κ2) is 6.95. The van der Waals surface area contributed by atoms with Crippen molar-refractivity contribution in [3.8, 4) is 0 Å². The average molecular weight is 288 g/mol. The van der Waals surface area contributed by atoms with Crippen LogP contribution in [0.1, 0.15) is 26.2 Å². The van der Waals surface area contributed by atoms with Gasteiger partial charge in [-0.3, -0.25) is 4.99 Å². The van der Waals surface area contributed by atoms with Crippen LogP contribution in [-0.2, 0) is 0 Å². The van der Waals surface area contributed by atoms with E-state index in [-0.39, 0.29) is 6.04 Å². The van der Waals surface area contributed by atoms with Gasteiger partial charge in [-0.05, 0) is 56.6 Å². The molecular formula is C20H20N2. The number of hydrogen-bond donors (Lipinski definition) is 1. The van der Waals surface area contributed by atoms with Crippen LogP contribution in [0.2, 0.25) is 0 Å². The van der Waals surface area contributed by atoms with Gasteiger partial charge in [0.15, 0.2) is 0 Å². The maximum atomic E-state index is 4.90. The summed E-state index contributed by atoms with van der Waals surface area (Å²) >= 11 is 0. The molecule has 110 valence electrons. The quantitative estimate of drug-likeness (QED) is 0.753. The third-order valence-electron chi connectivity index (χ3n) is 3.77. The summed E-state index contributed by atoms with van der Waals surface area (Å²) in [6.45, 7) is 2.09. The maximum Gasteiger partial charge on any atom is 0.133 e. The van der Waals surface area contributed by atoms with Crippen LogP contribution < -0.4 is 5.32 Å². The monoisotopic (exact) mass is 288 g/mol. The van der Waals surface area contributed by atoms with E-state index in [9.17, 15) is 0 Å². The minimum absolute atomic E-state index is 0.0773. The van der Waals surface area contributed by atoms with Gasteiger partial charge in [0, 0.05) is 16.8 Å². The molecule has 1 atom stereocenters. The lowest BCUT2D eigenvalue weighted by molar-refractivity contribution is 0.759. The molecule has 0 bridgehead atoms. The molecule has 1 aliphatic heterocycles. The fourth-order valence-corrected chi connectivity index (χ4v) is 2.65. The van der Waals surface area contributed by atoms with Crippen LogP contribution in [0.25, 0.3) is 0 Å². The van der Waals surface area contributed by atoms with Crippen LogP contribution >= 0.6 is 0 Å². The topological polar surface area (TPSA) is 24.4 Å². The zero-order valence-electron chi connectivity index (χ0n) is 12.8. The number of hydrogen-bond acceptors (Lipinski definition) is 2. The molecule has 2 nitrogen and oxygen atoms in total. The van der Waals surface area contributed by atoms with E-state index in [0.29, 0.717) is 0 Å². The fraction of sp³-hybridized carbons (Fsp3) is 0.250. The largest absolute Gasteiger partial charge is 0.344 e. The predicted molar refractivity (Wildman–Crippen MR) is 92.6 cm³/mol. The number of nitrogens with one attached hydrogen (secondary N) is 1. The maximum absolute atomic E-state index is 4.90. The molecule has 0 aromatic carbocycles. The summed E-state index contributed by atoms with van der Waals surface area (Å²) in [6.07, 6.45) is 21.7. The van der Waals surface area contributed by atoms with Gasteiger partial charge >= 0.3 is 0 Å². The molecule has 1 N–H and O–H groups in total. The highest BCUT2D eigenvalue weighted by atomic mass is 15.0. The van der Waals surface area contributed by atoms with E-state index >= 15 is 0 Å². The number of rotatable bonds is 2. The Morgan fingerprint density at radius 2 is 2.18 bits per heavy atom. The lowest BCUT2D eigenvalue weighted by Crippen LogP contribution is -2.30. The molecule has 22 heavy (non-hydrogen) atoms. The van der Waals surface area contributed by atoms with Gasteiger partial charge < -0.3 is 5.32 Å². The number of amidine groups is 1. The molecule has 3 aliphatic rings. The van der Waals surface area contributed by atoms with Gasteiger partial charge in [0.2, 0.25) is 0 Å². The molecule has 0 radical (unpaired) electrons. The second-order valence-corrected chi connectivity index (χ2v) is 5.53. The highest BCUT2D eigenvalue weighted by Gasteiger charge is 2.18. The zero-order valence-corrected chi connectivity index (χ0v) is 12.8. The Balaban J connectivity index is 1.92. The lowest BCUT2D eigenvalue weighted by Gasteiger charge is -2.22. The molecule has 0 saturated carbocycles. The Bertz CT molecular complexity index is 726. The molecule has 2 heteroatoms. The van der Waals surface area contributed by atoms with Crippen molar-refractivity contribution in [3.05, 3.63) is 83.0 Å². The van der Waals surface area contributed by atoms with E-state index in [1.165, 1.54) is 5.57 Å².